The van der Waals surface area contributed by atoms with Gasteiger partial charge in [0, 0.05) is 22.3 Å². The second kappa shape index (κ2) is 7.87. The number of aromatic nitrogens is 1. The molecule has 140 valence electrons. The molecule has 0 saturated heterocycles. The highest BCUT2D eigenvalue weighted by molar-refractivity contribution is 6.03. The molecule has 0 amide bonds. The summed E-state index contributed by atoms with van der Waals surface area (Å²) in [6.45, 7) is 12.7. The van der Waals surface area contributed by atoms with Gasteiger partial charge in [-0.25, -0.2) is 0 Å². The van der Waals surface area contributed by atoms with Gasteiger partial charge in [-0.15, -0.1) is 0 Å². The Morgan fingerprint density at radius 2 is 1.89 bits per heavy atom. The van der Waals surface area contributed by atoms with Crippen LogP contribution in [0.5, 0.6) is 0 Å². The van der Waals surface area contributed by atoms with Crippen LogP contribution in [-0.4, -0.2) is 4.98 Å². The third-order valence-corrected chi connectivity index (χ3v) is 5.35. The largest absolute Gasteiger partial charge is 0.399 e. The Morgan fingerprint density at radius 1 is 1.11 bits per heavy atom. The number of allylic oxidation sites excluding steroid dienone is 2. The number of H-pyrrole nitrogens is 1. The van der Waals surface area contributed by atoms with Gasteiger partial charge in [0.05, 0.1) is 5.52 Å². The lowest BCUT2D eigenvalue weighted by Crippen LogP contribution is -1.96. The molecule has 3 N–H and O–H groups in total. The highest BCUT2D eigenvalue weighted by atomic mass is 14.7. The van der Waals surface area contributed by atoms with Gasteiger partial charge in [0.1, 0.15) is 0 Å². The van der Waals surface area contributed by atoms with Crippen LogP contribution in [0.2, 0.25) is 0 Å². The van der Waals surface area contributed by atoms with E-state index in [-0.39, 0.29) is 0 Å². The van der Waals surface area contributed by atoms with E-state index in [4.69, 9.17) is 5.73 Å². The number of benzene rings is 2. The van der Waals surface area contributed by atoms with Crippen molar-refractivity contribution in [2.24, 2.45) is 5.73 Å². The van der Waals surface area contributed by atoms with Crippen LogP contribution in [-0.2, 0) is 0 Å². The summed E-state index contributed by atoms with van der Waals surface area (Å²) in [5.41, 5.74) is 16.5. The summed E-state index contributed by atoms with van der Waals surface area (Å²) in [5.74, 6) is 0. The van der Waals surface area contributed by atoms with E-state index in [1.807, 2.05) is 0 Å². The fourth-order valence-corrected chi connectivity index (χ4v) is 3.80. The van der Waals surface area contributed by atoms with E-state index in [0.717, 1.165) is 30.3 Å². The molecule has 0 atom stereocenters. The minimum atomic E-state index is 0.595. The van der Waals surface area contributed by atoms with Crippen LogP contribution in [0.3, 0.4) is 0 Å². The fourth-order valence-electron chi connectivity index (χ4n) is 3.80. The lowest BCUT2D eigenvalue weighted by atomic mass is 9.93. The van der Waals surface area contributed by atoms with E-state index in [1.54, 1.807) is 0 Å². The Bertz CT molecular complexity index is 1020. The van der Waals surface area contributed by atoms with Crippen LogP contribution in [0.4, 0.5) is 0 Å². The lowest BCUT2D eigenvalue weighted by Gasteiger charge is -2.12. The van der Waals surface area contributed by atoms with Crippen LogP contribution in [0, 0.1) is 13.8 Å². The highest BCUT2D eigenvalue weighted by Gasteiger charge is 2.15. The second-order valence-electron chi connectivity index (χ2n) is 7.29. The van der Waals surface area contributed by atoms with Gasteiger partial charge < -0.3 is 10.7 Å². The summed E-state index contributed by atoms with van der Waals surface area (Å²) >= 11 is 0. The summed E-state index contributed by atoms with van der Waals surface area (Å²) in [6, 6.07) is 13.1. The average molecular weight is 359 g/mol. The Labute approximate surface area is 162 Å². The van der Waals surface area contributed by atoms with E-state index >= 15 is 0 Å². The number of fused-ring (bicyclic) bond motifs is 1. The summed E-state index contributed by atoms with van der Waals surface area (Å²) in [5, 5.41) is 1.21. The summed E-state index contributed by atoms with van der Waals surface area (Å²) in [4.78, 5) is 3.65. The predicted octanol–water partition coefficient (Wildman–Crippen LogP) is 6.97. The highest BCUT2D eigenvalue weighted by Crippen LogP contribution is 2.37. The zero-order chi connectivity index (χ0) is 19.6. The molecule has 0 aliphatic heterocycles. The van der Waals surface area contributed by atoms with Crippen molar-refractivity contribution in [1.82, 2.24) is 4.98 Å². The van der Waals surface area contributed by atoms with Gasteiger partial charge in [-0.05, 0) is 60.6 Å². The van der Waals surface area contributed by atoms with Crippen molar-refractivity contribution in [3.63, 3.8) is 0 Å². The molecule has 0 fully saturated rings. The quantitative estimate of drug-likeness (QED) is 0.490. The van der Waals surface area contributed by atoms with E-state index < -0.39 is 0 Å². The first-order valence-corrected chi connectivity index (χ1v) is 9.84. The molecule has 0 unspecified atom stereocenters. The SMILES string of the molecule is C=C(N)c1ccc(-c2cccc(C)c2C)c2cc(/C(=C/CC)CCC)[nH]c12. The smallest absolute Gasteiger partial charge is 0.0559 e. The zero-order valence-corrected chi connectivity index (χ0v) is 16.9. The Kier molecular flexibility index (Phi) is 5.55. The number of rotatable bonds is 6. The molecule has 0 aliphatic carbocycles. The minimum absolute atomic E-state index is 0.595. The van der Waals surface area contributed by atoms with Crippen LogP contribution in [0.15, 0.2) is 49.1 Å². The molecule has 0 spiro atoms. The van der Waals surface area contributed by atoms with Crippen molar-refractivity contribution >= 4 is 22.2 Å². The molecular weight excluding hydrogens is 328 g/mol. The number of aryl methyl sites for hydroxylation is 1. The molecule has 0 bridgehead atoms. The van der Waals surface area contributed by atoms with Crippen molar-refractivity contribution in [3.8, 4) is 11.1 Å². The molecule has 2 nitrogen and oxygen atoms in total. The van der Waals surface area contributed by atoms with Gasteiger partial charge in [0.15, 0.2) is 0 Å². The molecule has 1 aromatic heterocycles. The fraction of sp³-hybridized carbons (Fsp3) is 0.280. The van der Waals surface area contributed by atoms with E-state index in [1.165, 1.54) is 38.9 Å². The normalized spacial score (nSPS) is 11.9. The molecule has 3 rings (SSSR count). The predicted molar refractivity (Wildman–Crippen MR) is 120 cm³/mol. The summed E-state index contributed by atoms with van der Waals surface area (Å²) < 4.78 is 0. The molecule has 0 radical (unpaired) electrons. The molecule has 2 aromatic carbocycles. The van der Waals surface area contributed by atoms with E-state index in [9.17, 15) is 0 Å². The number of aromatic amines is 1. The summed E-state index contributed by atoms with van der Waals surface area (Å²) in [7, 11) is 0. The maximum absolute atomic E-state index is 6.10. The summed E-state index contributed by atoms with van der Waals surface area (Å²) in [6.07, 6.45) is 5.55. The van der Waals surface area contributed by atoms with Crippen LogP contribution in [0.1, 0.15) is 55.5 Å². The second-order valence-corrected chi connectivity index (χ2v) is 7.29. The Balaban J connectivity index is 2.31. The maximum atomic E-state index is 6.10. The zero-order valence-electron chi connectivity index (χ0n) is 16.9. The Morgan fingerprint density at radius 3 is 2.56 bits per heavy atom. The first kappa shape index (κ1) is 19.0. The van der Waals surface area contributed by atoms with Crippen LogP contribution in [0.25, 0.3) is 33.3 Å². The number of hydrogen-bond donors (Lipinski definition) is 2. The van der Waals surface area contributed by atoms with Crippen molar-refractivity contribution in [3.05, 3.63) is 71.4 Å². The standard InChI is InChI=1S/C25H30N2/c1-6-9-19(10-7-2)24-15-23-22(20-12-8-11-16(3)17(20)4)14-13-21(18(5)26)25(23)27-24/h8-9,11-15,27H,5-7,10,26H2,1-4H3/b19-9+. The molecule has 3 aromatic rings. The third-order valence-electron chi connectivity index (χ3n) is 5.35. The average Bonchev–Trinajstić information content (AvgIpc) is 3.08. The van der Waals surface area contributed by atoms with Gasteiger partial charge in [-0.2, -0.15) is 0 Å². The molecule has 1 heterocycles. The number of hydrogen-bond acceptors (Lipinski definition) is 1. The monoisotopic (exact) mass is 358 g/mol. The van der Waals surface area contributed by atoms with Gasteiger partial charge in [0.2, 0.25) is 0 Å². The molecule has 0 saturated carbocycles. The minimum Gasteiger partial charge on any atom is -0.399 e. The van der Waals surface area contributed by atoms with Crippen LogP contribution < -0.4 is 5.73 Å². The first-order valence-electron chi connectivity index (χ1n) is 9.84. The number of nitrogens with one attached hydrogen (secondary N) is 1. The molecular formula is C25H30N2. The maximum Gasteiger partial charge on any atom is 0.0559 e. The van der Waals surface area contributed by atoms with Crippen molar-refractivity contribution in [2.75, 3.05) is 0 Å². The molecule has 27 heavy (non-hydrogen) atoms. The van der Waals surface area contributed by atoms with Gasteiger partial charge in [0.25, 0.3) is 0 Å². The third kappa shape index (κ3) is 3.57. The molecule has 0 aliphatic rings. The van der Waals surface area contributed by atoms with Gasteiger partial charge in [-0.1, -0.05) is 63.3 Å². The lowest BCUT2D eigenvalue weighted by molar-refractivity contribution is 0.962. The molecule has 2 heteroatoms. The van der Waals surface area contributed by atoms with Crippen molar-refractivity contribution in [1.29, 1.82) is 0 Å². The van der Waals surface area contributed by atoms with E-state index in [2.05, 4.69) is 81.7 Å². The van der Waals surface area contributed by atoms with Crippen LogP contribution >= 0.6 is 0 Å². The number of nitrogens with two attached hydrogens (primary N) is 1. The van der Waals surface area contributed by atoms with Crippen molar-refractivity contribution in [2.45, 2.75) is 47.0 Å². The topological polar surface area (TPSA) is 41.8 Å². The first-order chi connectivity index (χ1) is 13.0. The Hall–Kier alpha value is -2.74. The van der Waals surface area contributed by atoms with Crippen molar-refractivity contribution < 1.29 is 0 Å². The van der Waals surface area contributed by atoms with Gasteiger partial charge in [-0.3, -0.25) is 0 Å². The van der Waals surface area contributed by atoms with Gasteiger partial charge >= 0.3 is 0 Å². The van der Waals surface area contributed by atoms with E-state index in [0.29, 0.717) is 5.70 Å².